The van der Waals surface area contributed by atoms with Crippen molar-refractivity contribution in [2.24, 2.45) is 11.1 Å². The number of unbranched alkanes of at least 4 members (excludes halogenated alkanes) is 2. The molecule has 1 aromatic heterocycles. The molecule has 5 N–H and O–H groups in total. The molecular formula is C22H37NO7S. The molecule has 0 spiro atoms. The Morgan fingerprint density at radius 2 is 2.00 bits per heavy atom. The van der Waals surface area contributed by atoms with Crippen molar-refractivity contribution in [3.63, 3.8) is 0 Å². The maximum Gasteiger partial charge on any atom is 0.303 e. The van der Waals surface area contributed by atoms with E-state index in [2.05, 4.69) is 12.1 Å². The summed E-state index contributed by atoms with van der Waals surface area (Å²) in [5, 5.41) is 33.6. The van der Waals surface area contributed by atoms with Gasteiger partial charge in [-0.25, -0.2) is 13.6 Å². The first-order valence-corrected chi connectivity index (χ1v) is 12.7. The molecule has 1 aliphatic carbocycles. The number of furan rings is 1. The number of sulfonamides is 1. The van der Waals surface area contributed by atoms with Crippen LogP contribution in [0.4, 0.5) is 0 Å². The van der Waals surface area contributed by atoms with E-state index in [0.29, 0.717) is 19.3 Å². The second-order valence-electron chi connectivity index (χ2n) is 8.31. The van der Waals surface area contributed by atoms with Gasteiger partial charge >= 0.3 is 5.97 Å². The maximum atomic E-state index is 10.6. The third-order valence-electron chi connectivity index (χ3n) is 5.24. The summed E-state index contributed by atoms with van der Waals surface area (Å²) in [4.78, 5) is 10.6. The van der Waals surface area contributed by atoms with Gasteiger partial charge in [-0.2, -0.15) is 0 Å². The average Bonchev–Trinajstić information content (AvgIpc) is 3.16. The van der Waals surface area contributed by atoms with E-state index in [4.69, 9.17) is 9.52 Å². The molecule has 0 saturated carbocycles. The van der Waals surface area contributed by atoms with Crippen molar-refractivity contribution in [2.45, 2.75) is 83.3 Å². The highest BCUT2D eigenvalue weighted by Gasteiger charge is 2.33. The molecule has 1 unspecified atom stereocenters. The summed E-state index contributed by atoms with van der Waals surface area (Å²) in [5.74, 6) is 0.955. The molecule has 1 aliphatic rings. The second-order valence-corrected chi connectivity index (χ2v) is 9.97. The van der Waals surface area contributed by atoms with Crippen LogP contribution in [-0.4, -0.2) is 48.2 Å². The fourth-order valence-electron chi connectivity index (χ4n) is 3.52. The van der Waals surface area contributed by atoms with E-state index < -0.39 is 28.2 Å². The minimum Gasteiger partial charge on any atom is -0.481 e. The molecule has 1 heterocycles. The monoisotopic (exact) mass is 459 g/mol. The van der Waals surface area contributed by atoms with Crippen molar-refractivity contribution in [2.75, 3.05) is 6.26 Å². The predicted molar refractivity (Wildman–Crippen MR) is 119 cm³/mol. The molecule has 0 bridgehead atoms. The molecule has 0 aliphatic heterocycles. The van der Waals surface area contributed by atoms with Gasteiger partial charge < -0.3 is 19.7 Å². The molecule has 31 heavy (non-hydrogen) atoms. The van der Waals surface area contributed by atoms with Gasteiger partial charge in [-0.15, -0.1) is 0 Å². The van der Waals surface area contributed by atoms with Crippen LogP contribution >= 0.6 is 0 Å². The Morgan fingerprint density at radius 1 is 1.35 bits per heavy atom. The molecule has 0 aromatic carbocycles. The summed E-state index contributed by atoms with van der Waals surface area (Å²) in [6, 6.07) is 1.98. The lowest BCUT2D eigenvalue weighted by atomic mass is 9.94. The molecular weight excluding hydrogens is 422 g/mol. The smallest absolute Gasteiger partial charge is 0.303 e. The SMILES string of the molecule is CCCC[C@@H](C)[C@H](O)/C=C/C1c2cc(CCCCC(=O)O)oc2C[C@H]1O.CS(N)(=O)=O. The third-order valence-corrected chi connectivity index (χ3v) is 5.24. The average molecular weight is 460 g/mol. The van der Waals surface area contributed by atoms with Crippen molar-refractivity contribution in [3.8, 4) is 0 Å². The molecule has 2 rings (SSSR count). The number of aliphatic hydroxyl groups excluding tert-OH is 2. The summed E-state index contributed by atoms with van der Waals surface area (Å²) < 4.78 is 24.7. The van der Waals surface area contributed by atoms with Crippen molar-refractivity contribution in [1.29, 1.82) is 0 Å². The van der Waals surface area contributed by atoms with Crippen LogP contribution in [0.15, 0.2) is 22.6 Å². The highest BCUT2D eigenvalue weighted by atomic mass is 32.2. The highest BCUT2D eigenvalue weighted by Crippen LogP contribution is 2.37. The number of aryl methyl sites for hydroxylation is 1. The number of rotatable bonds is 11. The molecule has 0 radical (unpaired) electrons. The summed E-state index contributed by atoms with van der Waals surface area (Å²) in [7, 11) is -3.17. The van der Waals surface area contributed by atoms with E-state index in [1.807, 2.05) is 25.1 Å². The van der Waals surface area contributed by atoms with Crippen LogP contribution in [0, 0.1) is 5.92 Å². The van der Waals surface area contributed by atoms with Gasteiger partial charge in [0.05, 0.1) is 18.5 Å². The molecule has 0 saturated heterocycles. The first-order valence-electron chi connectivity index (χ1n) is 10.8. The Morgan fingerprint density at radius 3 is 2.58 bits per heavy atom. The Labute approximate surface area is 185 Å². The molecule has 9 heteroatoms. The van der Waals surface area contributed by atoms with E-state index in [0.717, 1.165) is 49.0 Å². The quantitative estimate of drug-likeness (QED) is 0.293. The van der Waals surface area contributed by atoms with Crippen molar-refractivity contribution in [1.82, 2.24) is 0 Å². The van der Waals surface area contributed by atoms with Gasteiger partial charge in [0, 0.05) is 30.7 Å². The molecule has 8 nitrogen and oxygen atoms in total. The van der Waals surface area contributed by atoms with Gasteiger partial charge in [-0.3, -0.25) is 4.79 Å². The topological polar surface area (TPSA) is 151 Å². The van der Waals surface area contributed by atoms with Crippen LogP contribution in [0.25, 0.3) is 0 Å². The number of carboxylic acids is 1. The van der Waals surface area contributed by atoms with Crippen LogP contribution in [0.5, 0.6) is 0 Å². The number of hydrogen-bond acceptors (Lipinski definition) is 6. The van der Waals surface area contributed by atoms with E-state index in [1.165, 1.54) is 0 Å². The van der Waals surface area contributed by atoms with Crippen LogP contribution < -0.4 is 5.14 Å². The van der Waals surface area contributed by atoms with Crippen LogP contribution in [0.1, 0.15) is 75.4 Å². The summed E-state index contributed by atoms with van der Waals surface area (Å²) in [6.45, 7) is 4.19. The number of aliphatic carboxylic acids is 1. The Balaban J connectivity index is 0.000000861. The fourth-order valence-corrected chi connectivity index (χ4v) is 3.52. The molecule has 1 aromatic rings. The van der Waals surface area contributed by atoms with Gasteiger partial charge in [-0.05, 0) is 31.2 Å². The first kappa shape index (κ1) is 27.4. The first-order chi connectivity index (χ1) is 14.4. The number of carboxylic acid groups (broad SMARTS) is 1. The van der Waals surface area contributed by atoms with Crippen LogP contribution in [-0.2, 0) is 27.7 Å². The van der Waals surface area contributed by atoms with Gasteiger partial charge in [0.25, 0.3) is 0 Å². The fraction of sp³-hybridized carbons (Fsp3) is 0.682. The molecule has 0 fully saturated rings. The number of hydrogen-bond donors (Lipinski definition) is 4. The van der Waals surface area contributed by atoms with Crippen molar-refractivity contribution in [3.05, 3.63) is 35.3 Å². The standard InChI is InChI=1S/C21H32O5.CH5NO2S/c1-3-4-7-14(2)18(22)11-10-16-17-12-15(8-5-6-9-21(24)25)26-20(17)13-19(16)23;1-5(2,3)4/h10-12,14,16,18-19,22-23H,3-9,13H2,1-2H3,(H,24,25);1H3,(H2,2,3,4)/b11-10+;/t14-,16?,18-,19-;/m1./s1. The van der Waals surface area contributed by atoms with E-state index >= 15 is 0 Å². The zero-order valence-corrected chi connectivity index (χ0v) is 19.5. The zero-order valence-electron chi connectivity index (χ0n) is 18.7. The normalized spacial score (nSPS) is 20.2. The van der Waals surface area contributed by atoms with E-state index in [-0.39, 0.29) is 18.3 Å². The largest absolute Gasteiger partial charge is 0.481 e. The second kappa shape index (κ2) is 13.0. The number of carbonyl (C=O) groups is 1. The minimum absolute atomic E-state index is 0.144. The Hall–Kier alpha value is -1.68. The van der Waals surface area contributed by atoms with Crippen LogP contribution in [0.2, 0.25) is 0 Å². The third kappa shape index (κ3) is 11.0. The lowest BCUT2D eigenvalue weighted by Gasteiger charge is -2.16. The molecule has 178 valence electrons. The lowest BCUT2D eigenvalue weighted by Crippen LogP contribution is -2.16. The summed E-state index contributed by atoms with van der Waals surface area (Å²) in [5.41, 5.74) is 0.996. The predicted octanol–water partition coefficient (Wildman–Crippen LogP) is 2.73. The summed E-state index contributed by atoms with van der Waals surface area (Å²) in [6.07, 6.45) is 9.65. The van der Waals surface area contributed by atoms with Gasteiger partial charge in [0.2, 0.25) is 10.0 Å². The molecule has 0 amide bonds. The zero-order chi connectivity index (χ0) is 23.6. The number of primary sulfonamides is 1. The van der Waals surface area contributed by atoms with Crippen molar-refractivity contribution < 1.29 is 32.9 Å². The number of aliphatic hydroxyl groups is 2. The summed E-state index contributed by atoms with van der Waals surface area (Å²) >= 11 is 0. The number of fused-ring (bicyclic) bond motifs is 1. The maximum absolute atomic E-state index is 10.6. The van der Waals surface area contributed by atoms with Gasteiger partial charge in [0.1, 0.15) is 11.5 Å². The molecule has 4 atom stereocenters. The number of nitrogens with two attached hydrogens (primary N) is 1. The van der Waals surface area contributed by atoms with E-state index in [9.17, 15) is 23.4 Å². The van der Waals surface area contributed by atoms with Crippen LogP contribution in [0.3, 0.4) is 0 Å². The van der Waals surface area contributed by atoms with Gasteiger partial charge in [0.15, 0.2) is 0 Å². The van der Waals surface area contributed by atoms with Crippen molar-refractivity contribution >= 4 is 16.0 Å². The van der Waals surface area contributed by atoms with E-state index in [1.54, 1.807) is 0 Å². The lowest BCUT2D eigenvalue weighted by molar-refractivity contribution is -0.137. The highest BCUT2D eigenvalue weighted by molar-refractivity contribution is 7.88. The van der Waals surface area contributed by atoms with Gasteiger partial charge in [-0.1, -0.05) is 38.8 Å². The Bertz CT molecular complexity index is 808. The Kier molecular flexibility index (Phi) is 11.5. The minimum atomic E-state index is -3.17.